The quantitative estimate of drug-likeness (QED) is 0.620. The lowest BCUT2D eigenvalue weighted by Gasteiger charge is -2.18. The van der Waals surface area contributed by atoms with Crippen molar-refractivity contribution in [3.63, 3.8) is 0 Å². The third kappa shape index (κ3) is 2.67. The van der Waals surface area contributed by atoms with Gasteiger partial charge in [-0.15, -0.1) is 0 Å². The Morgan fingerprint density at radius 1 is 1.60 bits per heavy atom. The van der Waals surface area contributed by atoms with Crippen LogP contribution in [0, 0.1) is 0 Å². The molecule has 1 unspecified atom stereocenters. The molecule has 1 radical (unpaired) electrons. The molecule has 0 amide bonds. The molecule has 59 valence electrons. The maximum atomic E-state index is 11.2. The Bertz CT molecular complexity index is 100. The molecule has 0 aromatic carbocycles. The Morgan fingerprint density at radius 2 is 2.30 bits per heavy atom. The summed E-state index contributed by atoms with van der Waals surface area (Å²) in [6.07, 6.45) is 3.19. The van der Waals surface area contributed by atoms with Gasteiger partial charge in [-0.3, -0.25) is 0 Å². The van der Waals surface area contributed by atoms with Crippen molar-refractivity contribution < 1.29 is 5.11 Å². The van der Waals surface area contributed by atoms with Gasteiger partial charge < -0.3 is 5.32 Å². The Balaban J connectivity index is 2.24. The summed E-state index contributed by atoms with van der Waals surface area (Å²) in [4.78, 5) is 0. The number of nitrogens with one attached hydrogen (secondary N) is 1. The number of rotatable bonds is 2. The van der Waals surface area contributed by atoms with Gasteiger partial charge in [0.05, 0.1) is 5.60 Å². The Hall–Kier alpha value is -0.0800. The van der Waals surface area contributed by atoms with Crippen LogP contribution in [0.15, 0.2) is 0 Å². The lowest BCUT2D eigenvalue weighted by atomic mass is 9.98. The predicted molar refractivity (Wildman–Crippen MR) is 40.4 cm³/mol. The van der Waals surface area contributed by atoms with Crippen LogP contribution in [-0.2, 0) is 5.11 Å². The highest BCUT2D eigenvalue weighted by molar-refractivity contribution is 4.80. The summed E-state index contributed by atoms with van der Waals surface area (Å²) in [6.45, 7) is 4.61. The van der Waals surface area contributed by atoms with Crippen molar-refractivity contribution in [3.8, 4) is 0 Å². The average molecular weight is 142 g/mol. The van der Waals surface area contributed by atoms with E-state index in [4.69, 9.17) is 0 Å². The van der Waals surface area contributed by atoms with E-state index in [1.54, 1.807) is 13.8 Å². The van der Waals surface area contributed by atoms with E-state index in [0.29, 0.717) is 6.04 Å². The van der Waals surface area contributed by atoms with E-state index in [1.165, 1.54) is 12.8 Å². The second-order valence-electron chi connectivity index (χ2n) is 3.76. The third-order valence-electron chi connectivity index (χ3n) is 1.90. The summed E-state index contributed by atoms with van der Waals surface area (Å²) in [6, 6.07) is 0.493. The zero-order chi connectivity index (χ0) is 7.61. The van der Waals surface area contributed by atoms with Crippen LogP contribution in [0.2, 0.25) is 0 Å². The molecule has 1 N–H and O–H groups in total. The van der Waals surface area contributed by atoms with Gasteiger partial charge in [-0.25, -0.2) is 5.11 Å². The van der Waals surface area contributed by atoms with E-state index in [-0.39, 0.29) is 0 Å². The van der Waals surface area contributed by atoms with Gasteiger partial charge in [0.2, 0.25) is 0 Å². The molecule has 1 fully saturated rings. The molecule has 0 saturated carbocycles. The summed E-state index contributed by atoms with van der Waals surface area (Å²) in [5.41, 5.74) is -0.748. The molecule has 1 aliphatic heterocycles. The van der Waals surface area contributed by atoms with Crippen LogP contribution >= 0.6 is 0 Å². The zero-order valence-electron chi connectivity index (χ0n) is 6.81. The van der Waals surface area contributed by atoms with E-state index < -0.39 is 5.60 Å². The van der Waals surface area contributed by atoms with Crippen molar-refractivity contribution >= 4 is 0 Å². The zero-order valence-corrected chi connectivity index (χ0v) is 6.81. The van der Waals surface area contributed by atoms with Gasteiger partial charge in [-0.05, 0) is 39.7 Å². The van der Waals surface area contributed by atoms with Gasteiger partial charge in [-0.2, -0.15) is 0 Å². The van der Waals surface area contributed by atoms with Crippen LogP contribution in [0.1, 0.15) is 33.1 Å². The molecular formula is C8H16NO. The Labute approximate surface area is 62.6 Å². The molecule has 1 saturated heterocycles. The van der Waals surface area contributed by atoms with Crippen LogP contribution in [0.5, 0.6) is 0 Å². The fraction of sp³-hybridized carbons (Fsp3) is 1.00. The maximum absolute atomic E-state index is 11.2. The highest BCUT2D eigenvalue weighted by Gasteiger charge is 2.23. The number of hydrogen-bond donors (Lipinski definition) is 1. The standard InChI is InChI=1S/C8H16NO/c1-8(2,10)6-7-4-3-5-9-7/h7,9H,3-6H2,1-2H3. The van der Waals surface area contributed by atoms with Crippen molar-refractivity contribution in [2.45, 2.75) is 44.8 Å². The van der Waals surface area contributed by atoms with E-state index in [0.717, 1.165) is 13.0 Å². The van der Waals surface area contributed by atoms with Crippen molar-refractivity contribution in [1.29, 1.82) is 0 Å². The van der Waals surface area contributed by atoms with Crippen LogP contribution in [-0.4, -0.2) is 18.2 Å². The molecule has 1 heterocycles. The molecule has 1 aliphatic rings. The molecule has 2 nitrogen and oxygen atoms in total. The van der Waals surface area contributed by atoms with Crippen molar-refractivity contribution in [2.75, 3.05) is 6.54 Å². The second-order valence-corrected chi connectivity index (χ2v) is 3.76. The van der Waals surface area contributed by atoms with Crippen molar-refractivity contribution in [2.24, 2.45) is 0 Å². The fourth-order valence-electron chi connectivity index (χ4n) is 1.52. The smallest absolute Gasteiger partial charge is 0.0995 e. The lowest BCUT2D eigenvalue weighted by molar-refractivity contribution is -0.00973. The van der Waals surface area contributed by atoms with E-state index in [9.17, 15) is 5.11 Å². The summed E-state index contributed by atoms with van der Waals surface area (Å²) in [5, 5.41) is 14.5. The first-order chi connectivity index (χ1) is 4.58. The minimum absolute atomic E-state index is 0.493. The SMILES string of the molecule is CC(C)([O])CC1CCCN1. The summed E-state index contributed by atoms with van der Waals surface area (Å²) in [5.74, 6) is 0. The average Bonchev–Trinajstić information content (AvgIpc) is 2.12. The monoisotopic (exact) mass is 142 g/mol. The molecule has 1 rings (SSSR count). The third-order valence-corrected chi connectivity index (χ3v) is 1.90. The van der Waals surface area contributed by atoms with E-state index in [1.807, 2.05) is 0 Å². The summed E-state index contributed by atoms with van der Waals surface area (Å²) in [7, 11) is 0. The summed E-state index contributed by atoms with van der Waals surface area (Å²) < 4.78 is 0. The Kier molecular flexibility index (Phi) is 2.32. The number of hydrogen-bond acceptors (Lipinski definition) is 1. The highest BCUT2D eigenvalue weighted by atomic mass is 16.3. The van der Waals surface area contributed by atoms with Crippen molar-refractivity contribution in [1.82, 2.24) is 5.32 Å². The maximum Gasteiger partial charge on any atom is 0.0995 e. The predicted octanol–water partition coefficient (Wildman–Crippen LogP) is 1.34. The van der Waals surface area contributed by atoms with E-state index >= 15 is 0 Å². The largest absolute Gasteiger partial charge is 0.314 e. The molecule has 10 heavy (non-hydrogen) atoms. The molecule has 0 aromatic heterocycles. The molecule has 1 atom stereocenters. The first-order valence-electron chi connectivity index (χ1n) is 4.02. The minimum Gasteiger partial charge on any atom is -0.314 e. The van der Waals surface area contributed by atoms with Gasteiger partial charge >= 0.3 is 0 Å². The van der Waals surface area contributed by atoms with Crippen LogP contribution in [0.4, 0.5) is 0 Å². The van der Waals surface area contributed by atoms with E-state index in [2.05, 4.69) is 5.32 Å². The first-order valence-corrected chi connectivity index (χ1v) is 4.02. The van der Waals surface area contributed by atoms with Gasteiger partial charge in [0, 0.05) is 6.04 Å². The van der Waals surface area contributed by atoms with Crippen LogP contribution in [0.25, 0.3) is 0 Å². The van der Waals surface area contributed by atoms with Gasteiger partial charge in [0.25, 0.3) is 0 Å². The molecular weight excluding hydrogens is 126 g/mol. The highest BCUT2D eigenvalue weighted by Crippen LogP contribution is 2.17. The van der Waals surface area contributed by atoms with Gasteiger partial charge in [0.15, 0.2) is 0 Å². The second kappa shape index (κ2) is 2.89. The minimum atomic E-state index is -0.748. The topological polar surface area (TPSA) is 31.9 Å². The Morgan fingerprint density at radius 3 is 2.70 bits per heavy atom. The van der Waals surface area contributed by atoms with Crippen molar-refractivity contribution in [3.05, 3.63) is 0 Å². The molecule has 0 aliphatic carbocycles. The molecule has 0 spiro atoms. The molecule has 0 bridgehead atoms. The van der Waals surface area contributed by atoms with Gasteiger partial charge in [0.1, 0.15) is 0 Å². The van der Waals surface area contributed by atoms with Crippen LogP contribution in [0.3, 0.4) is 0 Å². The first kappa shape index (κ1) is 8.02. The van der Waals surface area contributed by atoms with Gasteiger partial charge in [-0.1, -0.05) is 0 Å². The fourth-order valence-corrected chi connectivity index (χ4v) is 1.52. The molecule has 0 aromatic rings. The summed E-state index contributed by atoms with van der Waals surface area (Å²) >= 11 is 0. The molecule has 2 heteroatoms. The van der Waals surface area contributed by atoms with Crippen LogP contribution < -0.4 is 5.32 Å². The lowest BCUT2D eigenvalue weighted by Crippen LogP contribution is -2.31. The normalized spacial score (nSPS) is 27.3.